The van der Waals surface area contributed by atoms with E-state index in [0.717, 1.165) is 5.56 Å². The minimum Gasteiger partial charge on any atom is -0.350 e. The standard InChI is InChI=1S/C20H18ClNO3S2/c1-14-7-9-17(10-8-14)27(24,25)19(18-6-3-11-26-18)13-22-20(23)15-4-2-5-16(21)12-15/h2-12,19H,13H2,1H3,(H,22,23)/t19-/m0/s1. The number of carbonyl (C=O) groups is 1. The third-order valence-electron chi connectivity index (χ3n) is 4.12. The van der Waals surface area contributed by atoms with Gasteiger partial charge in [0.25, 0.3) is 5.91 Å². The number of amides is 1. The number of aryl methyl sites for hydroxylation is 1. The van der Waals surface area contributed by atoms with E-state index in [9.17, 15) is 13.2 Å². The van der Waals surface area contributed by atoms with Crippen LogP contribution < -0.4 is 5.32 Å². The minimum absolute atomic E-state index is 0.0257. The molecule has 0 spiro atoms. The predicted molar refractivity (Wildman–Crippen MR) is 109 cm³/mol. The normalized spacial score (nSPS) is 12.5. The summed E-state index contributed by atoms with van der Waals surface area (Å²) >= 11 is 7.28. The third-order valence-corrected chi connectivity index (χ3v) is 7.59. The molecule has 1 amide bonds. The molecule has 1 N–H and O–H groups in total. The van der Waals surface area contributed by atoms with Gasteiger partial charge in [0.2, 0.25) is 0 Å². The Morgan fingerprint density at radius 2 is 1.85 bits per heavy atom. The average molecular weight is 420 g/mol. The summed E-state index contributed by atoms with van der Waals surface area (Å²) in [6, 6.07) is 16.8. The molecule has 27 heavy (non-hydrogen) atoms. The monoisotopic (exact) mass is 419 g/mol. The van der Waals surface area contributed by atoms with Crippen molar-refractivity contribution in [1.29, 1.82) is 0 Å². The predicted octanol–water partition coefficient (Wildman–Crippen LogP) is 4.65. The molecule has 0 fully saturated rings. The number of benzene rings is 2. The van der Waals surface area contributed by atoms with Crippen molar-refractivity contribution in [3.05, 3.63) is 87.1 Å². The summed E-state index contributed by atoms with van der Waals surface area (Å²) in [4.78, 5) is 13.3. The van der Waals surface area contributed by atoms with Crippen LogP contribution >= 0.6 is 22.9 Å². The average Bonchev–Trinajstić information content (AvgIpc) is 3.16. The van der Waals surface area contributed by atoms with Crippen LogP contribution in [0.15, 0.2) is 70.9 Å². The maximum atomic E-state index is 13.2. The van der Waals surface area contributed by atoms with Crippen LogP contribution in [0.3, 0.4) is 0 Å². The van der Waals surface area contributed by atoms with Crippen LogP contribution in [0, 0.1) is 6.92 Å². The lowest BCUT2D eigenvalue weighted by Gasteiger charge is -2.17. The molecule has 1 aromatic heterocycles. The molecule has 0 aliphatic rings. The second-order valence-electron chi connectivity index (χ2n) is 6.08. The van der Waals surface area contributed by atoms with Gasteiger partial charge in [-0.25, -0.2) is 8.42 Å². The van der Waals surface area contributed by atoms with Crippen molar-refractivity contribution in [3.8, 4) is 0 Å². The Labute approximate surface area is 167 Å². The van der Waals surface area contributed by atoms with Crippen molar-refractivity contribution in [2.24, 2.45) is 0 Å². The van der Waals surface area contributed by atoms with Crippen molar-refractivity contribution in [3.63, 3.8) is 0 Å². The van der Waals surface area contributed by atoms with E-state index in [1.54, 1.807) is 60.7 Å². The molecule has 0 bridgehead atoms. The van der Waals surface area contributed by atoms with E-state index < -0.39 is 15.1 Å². The number of thiophene rings is 1. The Balaban J connectivity index is 1.86. The SMILES string of the molecule is Cc1ccc(S(=O)(=O)[C@@H](CNC(=O)c2cccc(Cl)c2)c2cccs2)cc1. The zero-order chi connectivity index (χ0) is 19.4. The van der Waals surface area contributed by atoms with Crippen LogP contribution in [0.5, 0.6) is 0 Å². The van der Waals surface area contributed by atoms with Crippen LogP contribution in [0.4, 0.5) is 0 Å². The lowest BCUT2D eigenvalue weighted by Crippen LogP contribution is -2.31. The Hall–Kier alpha value is -2.15. The Bertz CT molecular complexity index is 1030. The lowest BCUT2D eigenvalue weighted by molar-refractivity contribution is 0.0953. The van der Waals surface area contributed by atoms with Gasteiger partial charge in [0.1, 0.15) is 5.25 Å². The van der Waals surface area contributed by atoms with Gasteiger partial charge in [-0.3, -0.25) is 4.79 Å². The van der Waals surface area contributed by atoms with E-state index in [2.05, 4.69) is 5.32 Å². The van der Waals surface area contributed by atoms with Gasteiger partial charge < -0.3 is 5.32 Å². The zero-order valence-electron chi connectivity index (χ0n) is 14.6. The van der Waals surface area contributed by atoms with Crippen LogP contribution in [0.25, 0.3) is 0 Å². The minimum atomic E-state index is -3.66. The van der Waals surface area contributed by atoms with Gasteiger partial charge in [-0.1, -0.05) is 41.4 Å². The van der Waals surface area contributed by atoms with Crippen molar-refractivity contribution >= 4 is 38.7 Å². The van der Waals surface area contributed by atoms with Crippen LogP contribution in [0.1, 0.15) is 26.0 Å². The van der Waals surface area contributed by atoms with Crippen LogP contribution in [-0.4, -0.2) is 20.9 Å². The molecule has 3 rings (SSSR count). The molecular weight excluding hydrogens is 402 g/mol. The molecule has 0 saturated heterocycles. The molecule has 7 heteroatoms. The molecular formula is C20H18ClNO3S2. The first-order chi connectivity index (χ1) is 12.9. The summed E-state index contributed by atoms with van der Waals surface area (Å²) in [5.41, 5.74) is 1.37. The molecule has 3 aromatic rings. The van der Waals surface area contributed by atoms with Crippen molar-refractivity contribution in [2.45, 2.75) is 17.1 Å². The molecule has 0 unspecified atom stereocenters. The number of carbonyl (C=O) groups excluding carboxylic acids is 1. The van der Waals surface area contributed by atoms with E-state index in [4.69, 9.17) is 11.6 Å². The Kier molecular flexibility index (Phi) is 5.99. The summed E-state index contributed by atoms with van der Waals surface area (Å²) in [5, 5.41) is 4.15. The highest BCUT2D eigenvalue weighted by Gasteiger charge is 2.30. The van der Waals surface area contributed by atoms with Gasteiger partial charge in [-0.2, -0.15) is 0 Å². The second kappa shape index (κ2) is 8.25. The smallest absolute Gasteiger partial charge is 0.251 e. The van der Waals surface area contributed by atoms with Crippen molar-refractivity contribution in [1.82, 2.24) is 5.32 Å². The van der Waals surface area contributed by atoms with Crippen molar-refractivity contribution in [2.75, 3.05) is 6.54 Å². The fourth-order valence-corrected chi connectivity index (χ4v) is 5.62. The summed E-state index contributed by atoms with van der Waals surface area (Å²) in [6.07, 6.45) is 0. The summed E-state index contributed by atoms with van der Waals surface area (Å²) < 4.78 is 26.4. The second-order valence-corrected chi connectivity index (χ2v) is 9.63. The van der Waals surface area contributed by atoms with Gasteiger partial charge in [-0.15, -0.1) is 11.3 Å². The number of sulfone groups is 1. The van der Waals surface area contributed by atoms with Crippen LogP contribution in [-0.2, 0) is 9.84 Å². The number of rotatable bonds is 6. The fourth-order valence-electron chi connectivity index (χ4n) is 2.65. The summed E-state index contributed by atoms with van der Waals surface area (Å²) in [6.45, 7) is 1.88. The van der Waals surface area contributed by atoms with Gasteiger partial charge >= 0.3 is 0 Å². The molecule has 140 valence electrons. The maximum absolute atomic E-state index is 13.2. The number of halogens is 1. The van der Waals surface area contributed by atoms with E-state index >= 15 is 0 Å². The Morgan fingerprint density at radius 1 is 1.11 bits per heavy atom. The first-order valence-electron chi connectivity index (χ1n) is 8.25. The van der Waals surface area contributed by atoms with E-state index in [1.807, 2.05) is 12.3 Å². The fraction of sp³-hybridized carbons (Fsp3) is 0.150. The molecule has 1 atom stereocenters. The van der Waals surface area contributed by atoms with Crippen molar-refractivity contribution < 1.29 is 13.2 Å². The number of hydrogen-bond donors (Lipinski definition) is 1. The molecule has 0 saturated carbocycles. The maximum Gasteiger partial charge on any atom is 0.251 e. The Morgan fingerprint density at radius 3 is 2.48 bits per heavy atom. The first kappa shape index (κ1) is 19.6. The lowest BCUT2D eigenvalue weighted by atomic mass is 10.2. The highest BCUT2D eigenvalue weighted by atomic mass is 35.5. The highest BCUT2D eigenvalue weighted by Crippen LogP contribution is 2.31. The van der Waals surface area contributed by atoms with Crippen LogP contribution in [0.2, 0.25) is 5.02 Å². The number of nitrogens with one attached hydrogen (secondary N) is 1. The summed E-state index contributed by atoms with van der Waals surface area (Å²) in [7, 11) is -3.66. The zero-order valence-corrected chi connectivity index (χ0v) is 16.9. The third kappa shape index (κ3) is 4.58. The highest BCUT2D eigenvalue weighted by molar-refractivity contribution is 7.91. The van der Waals surface area contributed by atoms with Gasteiger partial charge in [-0.05, 0) is 48.7 Å². The van der Waals surface area contributed by atoms with E-state index in [1.165, 1.54) is 11.3 Å². The van der Waals surface area contributed by atoms with E-state index in [0.29, 0.717) is 15.5 Å². The molecule has 4 nitrogen and oxygen atoms in total. The molecule has 1 heterocycles. The van der Waals surface area contributed by atoms with E-state index in [-0.39, 0.29) is 17.3 Å². The van der Waals surface area contributed by atoms with Gasteiger partial charge in [0, 0.05) is 22.0 Å². The molecule has 0 aliphatic carbocycles. The quantitative estimate of drug-likeness (QED) is 0.632. The molecule has 0 aliphatic heterocycles. The number of hydrogen-bond acceptors (Lipinski definition) is 4. The first-order valence-corrected chi connectivity index (χ1v) is 11.1. The topological polar surface area (TPSA) is 63.2 Å². The molecule has 2 aromatic carbocycles. The van der Waals surface area contributed by atoms with Gasteiger partial charge in [0.05, 0.1) is 4.90 Å². The summed E-state index contributed by atoms with van der Waals surface area (Å²) in [5.74, 6) is -0.363. The molecule has 0 radical (unpaired) electrons. The largest absolute Gasteiger partial charge is 0.350 e. The van der Waals surface area contributed by atoms with Gasteiger partial charge in [0.15, 0.2) is 9.84 Å².